The lowest BCUT2D eigenvalue weighted by Crippen LogP contribution is -2.36. The highest BCUT2D eigenvalue weighted by Crippen LogP contribution is 2.29. The van der Waals surface area contributed by atoms with Crippen LogP contribution in [-0.2, 0) is 9.53 Å². The second kappa shape index (κ2) is 8.33. The minimum atomic E-state index is -0.824. The highest BCUT2D eigenvalue weighted by molar-refractivity contribution is 6.31. The summed E-state index contributed by atoms with van der Waals surface area (Å²) >= 11 is 6.07. The summed E-state index contributed by atoms with van der Waals surface area (Å²) in [5, 5.41) is 5.97. The monoisotopic (exact) mass is 381 g/mol. The van der Waals surface area contributed by atoms with Crippen molar-refractivity contribution in [3.8, 4) is 0 Å². The van der Waals surface area contributed by atoms with Crippen LogP contribution in [-0.4, -0.2) is 38.8 Å². The quantitative estimate of drug-likeness (QED) is 0.832. The lowest BCUT2D eigenvalue weighted by molar-refractivity contribution is -0.114. The molecule has 138 valence electrons. The predicted octanol–water partition coefficient (Wildman–Crippen LogP) is 3.51. The van der Waals surface area contributed by atoms with Gasteiger partial charge < -0.3 is 20.3 Å². The van der Waals surface area contributed by atoms with E-state index in [4.69, 9.17) is 16.3 Å². The Bertz CT molecular complexity index is 798. The Kier molecular flexibility index (Phi) is 5.90. The van der Waals surface area contributed by atoms with Gasteiger partial charge in [-0.05, 0) is 30.3 Å². The zero-order valence-electron chi connectivity index (χ0n) is 13.9. The molecule has 2 aromatic carbocycles. The van der Waals surface area contributed by atoms with Crippen molar-refractivity contribution in [2.24, 2.45) is 0 Å². The van der Waals surface area contributed by atoms with Gasteiger partial charge in [-0.1, -0.05) is 11.6 Å². The molecule has 1 saturated heterocycles. The average molecular weight is 382 g/mol. The Morgan fingerprint density at radius 1 is 1.12 bits per heavy atom. The molecular formula is C18H18ClF2N3O2. The second-order valence-electron chi connectivity index (χ2n) is 5.79. The first-order valence-corrected chi connectivity index (χ1v) is 8.52. The third-order valence-electron chi connectivity index (χ3n) is 3.95. The van der Waals surface area contributed by atoms with Crippen molar-refractivity contribution in [3.63, 3.8) is 0 Å². The summed E-state index contributed by atoms with van der Waals surface area (Å²) < 4.78 is 31.9. The van der Waals surface area contributed by atoms with Crippen LogP contribution in [0.4, 0.5) is 25.8 Å². The van der Waals surface area contributed by atoms with Crippen molar-refractivity contribution in [1.82, 2.24) is 0 Å². The third-order valence-corrected chi connectivity index (χ3v) is 4.19. The molecule has 0 aliphatic carbocycles. The first-order chi connectivity index (χ1) is 12.5. The van der Waals surface area contributed by atoms with Crippen molar-refractivity contribution < 1.29 is 18.3 Å². The molecule has 1 aliphatic heterocycles. The Labute approximate surface area is 154 Å². The van der Waals surface area contributed by atoms with E-state index in [1.165, 1.54) is 6.07 Å². The molecule has 8 heteroatoms. The largest absolute Gasteiger partial charge is 0.378 e. The molecule has 0 atom stereocenters. The number of anilines is 3. The van der Waals surface area contributed by atoms with E-state index in [0.29, 0.717) is 23.9 Å². The van der Waals surface area contributed by atoms with E-state index in [2.05, 4.69) is 15.5 Å². The zero-order valence-corrected chi connectivity index (χ0v) is 14.7. The number of hydrogen-bond acceptors (Lipinski definition) is 4. The summed E-state index contributed by atoms with van der Waals surface area (Å²) in [6.07, 6.45) is 0. The number of halogens is 3. The molecular weight excluding hydrogens is 364 g/mol. The second-order valence-corrected chi connectivity index (χ2v) is 6.22. The van der Waals surface area contributed by atoms with E-state index in [9.17, 15) is 13.6 Å². The number of nitrogens with one attached hydrogen (secondary N) is 2. The number of morpholine rings is 1. The maximum absolute atomic E-state index is 13.6. The highest BCUT2D eigenvalue weighted by Gasteiger charge is 2.16. The molecule has 26 heavy (non-hydrogen) atoms. The first kappa shape index (κ1) is 18.4. The van der Waals surface area contributed by atoms with Crippen molar-refractivity contribution in [3.05, 3.63) is 53.1 Å². The molecule has 2 aromatic rings. The Morgan fingerprint density at radius 2 is 1.88 bits per heavy atom. The van der Waals surface area contributed by atoms with Gasteiger partial charge in [0.05, 0.1) is 36.8 Å². The van der Waals surface area contributed by atoms with Gasteiger partial charge in [-0.15, -0.1) is 0 Å². The smallest absolute Gasteiger partial charge is 0.243 e. The fourth-order valence-corrected chi connectivity index (χ4v) is 2.86. The summed E-state index contributed by atoms with van der Waals surface area (Å²) in [6, 6.07) is 8.38. The number of rotatable bonds is 5. The van der Waals surface area contributed by atoms with Crippen molar-refractivity contribution in [2.75, 3.05) is 48.4 Å². The zero-order chi connectivity index (χ0) is 18.5. The molecule has 2 N–H and O–H groups in total. The summed E-state index contributed by atoms with van der Waals surface area (Å²) in [5.74, 6) is -1.98. The fraction of sp³-hybridized carbons (Fsp3) is 0.278. The minimum Gasteiger partial charge on any atom is -0.378 e. The van der Waals surface area contributed by atoms with Crippen LogP contribution in [0.15, 0.2) is 36.4 Å². The molecule has 1 aliphatic rings. The SMILES string of the molecule is O=C(CNc1cc(Cl)ccc1N1CCOCC1)Nc1ccc(F)cc1F. The van der Waals surface area contributed by atoms with Gasteiger partial charge in [0.15, 0.2) is 0 Å². The van der Waals surface area contributed by atoms with Crippen LogP contribution < -0.4 is 15.5 Å². The fourth-order valence-electron chi connectivity index (χ4n) is 2.69. The topological polar surface area (TPSA) is 53.6 Å². The molecule has 5 nitrogen and oxygen atoms in total. The van der Waals surface area contributed by atoms with Crippen LogP contribution >= 0.6 is 11.6 Å². The number of carbonyl (C=O) groups is 1. The van der Waals surface area contributed by atoms with Crippen molar-refractivity contribution in [2.45, 2.75) is 0 Å². The van der Waals surface area contributed by atoms with Gasteiger partial charge in [0.1, 0.15) is 11.6 Å². The molecule has 1 heterocycles. The van der Waals surface area contributed by atoms with Gasteiger partial charge >= 0.3 is 0 Å². The number of benzene rings is 2. The number of carbonyl (C=O) groups excluding carboxylic acids is 1. The highest BCUT2D eigenvalue weighted by atomic mass is 35.5. The van der Waals surface area contributed by atoms with Gasteiger partial charge in [-0.3, -0.25) is 4.79 Å². The maximum atomic E-state index is 13.6. The van der Waals surface area contributed by atoms with Crippen LogP contribution in [0.1, 0.15) is 0 Å². The normalized spacial score (nSPS) is 14.2. The van der Waals surface area contributed by atoms with E-state index >= 15 is 0 Å². The summed E-state index contributed by atoms with van der Waals surface area (Å²) in [6.45, 7) is 2.65. The molecule has 1 fully saturated rings. The average Bonchev–Trinajstić information content (AvgIpc) is 2.63. The lowest BCUT2D eigenvalue weighted by Gasteiger charge is -2.30. The first-order valence-electron chi connectivity index (χ1n) is 8.14. The summed E-state index contributed by atoms with van der Waals surface area (Å²) in [4.78, 5) is 14.2. The van der Waals surface area contributed by atoms with Crippen LogP contribution in [0.3, 0.4) is 0 Å². The molecule has 0 radical (unpaired) electrons. The van der Waals surface area contributed by atoms with Gasteiger partial charge in [-0.25, -0.2) is 8.78 Å². The van der Waals surface area contributed by atoms with E-state index in [0.717, 1.165) is 30.9 Å². The van der Waals surface area contributed by atoms with E-state index in [1.807, 2.05) is 6.07 Å². The predicted molar refractivity (Wildman–Crippen MR) is 98.0 cm³/mol. The van der Waals surface area contributed by atoms with Crippen LogP contribution in [0.5, 0.6) is 0 Å². The Morgan fingerprint density at radius 3 is 2.62 bits per heavy atom. The van der Waals surface area contributed by atoms with Gasteiger partial charge in [-0.2, -0.15) is 0 Å². The number of nitrogens with zero attached hydrogens (tertiary/aromatic N) is 1. The number of ether oxygens (including phenoxy) is 1. The Balaban J connectivity index is 1.66. The van der Waals surface area contributed by atoms with E-state index in [1.54, 1.807) is 12.1 Å². The van der Waals surface area contributed by atoms with Crippen molar-refractivity contribution >= 4 is 34.6 Å². The maximum Gasteiger partial charge on any atom is 0.243 e. The molecule has 0 aromatic heterocycles. The molecule has 0 bridgehead atoms. The molecule has 0 unspecified atom stereocenters. The van der Waals surface area contributed by atoms with Crippen LogP contribution in [0, 0.1) is 11.6 Å². The molecule has 3 rings (SSSR count). The molecule has 1 amide bonds. The van der Waals surface area contributed by atoms with Gasteiger partial charge in [0.25, 0.3) is 0 Å². The number of amides is 1. The van der Waals surface area contributed by atoms with Gasteiger partial charge in [0.2, 0.25) is 5.91 Å². The Hall–Kier alpha value is -2.38. The third kappa shape index (κ3) is 4.62. The standard InChI is InChI=1S/C18H18ClF2N3O2/c19-12-1-4-17(24-5-7-26-8-6-24)16(9-12)22-11-18(25)23-15-3-2-13(20)10-14(15)21/h1-4,9-10,22H,5-8,11H2,(H,23,25). The molecule has 0 saturated carbocycles. The minimum absolute atomic E-state index is 0.0716. The summed E-state index contributed by atoms with van der Waals surface area (Å²) in [5.41, 5.74) is 1.55. The summed E-state index contributed by atoms with van der Waals surface area (Å²) in [7, 11) is 0. The van der Waals surface area contributed by atoms with Gasteiger partial charge in [0, 0.05) is 24.2 Å². The number of hydrogen-bond donors (Lipinski definition) is 2. The van der Waals surface area contributed by atoms with Crippen LogP contribution in [0.25, 0.3) is 0 Å². The van der Waals surface area contributed by atoms with Crippen molar-refractivity contribution in [1.29, 1.82) is 0 Å². The van der Waals surface area contributed by atoms with Crippen LogP contribution in [0.2, 0.25) is 5.02 Å². The van der Waals surface area contributed by atoms with E-state index < -0.39 is 17.5 Å². The lowest BCUT2D eigenvalue weighted by atomic mass is 10.2. The van der Waals surface area contributed by atoms with E-state index in [-0.39, 0.29) is 12.2 Å². The molecule has 0 spiro atoms.